The fraction of sp³-hybridized carbons (Fsp3) is 0.560. The molecule has 0 spiro atoms. The molecular weight excluding hydrogens is 476 g/mol. The van der Waals surface area contributed by atoms with Crippen LogP contribution in [0.4, 0.5) is 0 Å². The van der Waals surface area contributed by atoms with E-state index in [4.69, 9.17) is 21.1 Å². The number of halogens is 1. The van der Waals surface area contributed by atoms with Crippen LogP contribution in [0.3, 0.4) is 0 Å². The first-order chi connectivity index (χ1) is 16.3. The van der Waals surface area contributed by atoms with Crippen LogP contribution >= 0.6 is 22.9 Å². The number of thiazole rings is 1. The van der Waals surface area contributed by atoms with Crippen LogP contribution in [0.5, 0.6) is 5.75 Å². The van der Waals surface area contributed by atoms with Crippen molar-refractivity contribution in [3.05, 3.63) is 44.9 Å². The lowest BCUT2D eigenvalue weighted by molar-refractivity contribution is -0.134. The summed E-state index contributed by atoms with van der Waals surface area (Å²) in [4.78, 5) is 31.1. The Morgan fingerprint density at radius 3 is 2.79 bits per heavy atom. The van der Waals surface area contributed by atoms with E-state index in [2.05, 4.69) is 4.98 Å². The van der Waals surface area contributed by atoms with E-state index in [1.54, 1.807) is 18.4 Å². The molecule has 1 unspecified atom stereocenters. The van der Waals surface area contributed by atoms with Gasteiger partial charge in [-0.25, -0.2) is 9.78 Å². The third-order valence-corrected chi connectivity index (χ3v) is 7.93. The smallest absolute Gasteiger partial charge is 0.367 e. The quantitative estimate of drug-likeness (QED) is 0.525. The SMILES string of the molecule is CCOC(=O)c1nc(COc2ccc(CC3CCN(C4CCC(C)(O)CC4)C3=O)c(Cl)c2)cs1. The molecule has 2 aliphatic rings. The lowest BCUT2D eigenvalue weighted by Crippen LogP contribution is -2.43. The third kappa shape index (κ3) is 5.90. The molecule has 1 aromatic heterocycles. The van der Waals surface area contributed by atoms with Crippen molar-refractivity contribution in [1.29, 1.82) is 0 Å². The average molecular weight is 507 g/mol. The number of hydrogen-bond donors (Lipinski definition) is 1. The highest BCUT2D eigenvalue weighted by Gasteiger charge is 2.39. The van der Waals surface area contributed by atoms with Crippen molar-refractivity contribution in [3.63, 3.8) is 0 Å². The molecule has 7 nitrogen and oxygen atoms in total. The zero-order chi connectivity index (χ0) is 24.3. The molecule has 2 aromatic rings. The van der Waals surface area contributed by atoms with Gasteiger partial charge in [0.1, 0.15) is 12.4 Å². The molecule has 184 valence electrons. The minimum absolute atomic E-state index is 0.0667. The maximum absolute atomic E-state index is 13.1. The van der Waals surface area contributed by atoms with Crippen molar-refractivity contribution >= 4 is 34.8 Å². The summed E-state index contributed by atoms with van der Waals surface area (Å²) in [5.74, 6) is 0.307. The lowest BCUT2D eigenvalue weighted by atomic mass is 9.83. The Balaban J connectivity index is 1.30. The van der Waals surface area contributed by atoms with E-state index in [9.17, 15) is 14.7 Å². The molecular formula is C25H31ClN2O5S. The molecule has 4 rings (SSSR count). The molecule has 1 N–H and O–H groups in total. The second-order valence-electron chi connectivity index (χ2n) is 9.36. The van der Waals surface area contributed by atoms with Gasteiger partial charge in [-0.05, 0) is 70.1 Å². The van der Waals surface area contributed by atoms with E-state index in [-0.39, 0.29) is 24.5 Å². The number of carbonyl (C=O) groups is 2. The number of nitrogens with zero attached hydrogens (tertiary/aromatic N) is 2. The highest BCUT2D eigenvalue weighted by atomic mass is 35.5. The highest BCUT2D eigenvalue weighted by molar-refractivity contribution is 7.11. The Bertz CT molecular complexity index is 1030. The monoisotopic (exact) mass is 506 g/mol. The molecule has 1 amide bonds. The van der Waals surface area contributed by atoms with Crippen LogP contribution in [0.1, 0.15) is 67.0 Å². The summed E-state index contributed by atoms with van der Waals surface area (Å²) in [6.07, 6.45) is 4.63. The largest absolute Gasteiger partial charge is 0.487 e. The van der Waals surface area contributed by atoms with Crippen molar-refractivity contribution in [1.82, 2.24) is 9.88 Å². The number of aliphatic hydroxyl groups is 1. The maximum atomic E-state index is 13.1. The van der Waals surface area contributed by atoms with Crippen LogP contribution in [0.25, 0.3) is 0 Å². The van der Waals surface area contributed by atoms with E-state index in [1.807, 2.05) is 24.0 Å². The number of hydrogen-bond acceptors (Lipinski definition) is 7. The van der Waals surface area contributed by atoms with E-state index in [0.29, 0.717) is 34.5 Å². The molecule has 1 saturated carbocycles. The average Bonchev–Trinajstić information content (AvgIpc) is 3.42. The van der Waals surface area contributed by atoms with E-state index < -0.39 is 11.6 Å². The first-order valence-electron chi connectivity index (χ1n) is 11.8. The normalized spacial score (nSPS) is 24.9. The summed E-state index contributed by atoms with van der Waals surface area (Å²) in [5.41, 5.74) is 0.978. The van der Waals surface area contributed by atoms with Crippen LogP contribution in [0.15, 0.2) is 23.6 Å². The molecule has 1 aliphatic carbocycles. The Morgan fingerprint density at radius 2 is 2.09 bits per heavy atom. The molecule has 0 bridgehead atoms. The summed E-state index contributed by atoms with van der Waals surface area (Å²) in [5, 5.41) is 12.8. The Kier molecular flexibility index (Phi) is 7.80. The molecule has 1 atom stereocenters. The van der Waals surface area contributed by atoms with Gasteiger partial charge in [-0.15, -0.1) is 11.3 Å². The van der Waals surface area contributed by atoms with Gasteiger partial charge in [-0.3, -0.25) is 4.79 Å². The van der Waals surface area contributed by atoms with Gasteiger partial charge in [0.15, 0.2) is 0 Å². The van der Waals surface area contributed by atoms with Crippen molar-refractivity contribution in [2.24, 2.45) is 5.92 Å². The van der Waals surface area contributed by atoms with Crippen molar-refractivity contribution < 1.29 is 24.2 Å². The zero-order valence-electron chi connectivity index (χ0n) is 19.6. The molecule has 1 aliphatic heterocycles. The summed E-state index contributed by atoms with van der Waals surface area (Å²) < 4.78 is 10.8. The predicted molar refractivity (Wildman–Crippen MR) is 130 cm³/mol. The first kappa shape index (κ1) is 24.9. The lowest BCUT2D eigenvalue weighted by Gasteiger charge is -2.37. The van der Waals surface area contributed by atoms with Gasteiger partial charge in [0.05, 0.1) is 17.9 Å². The second kappa shape index (κ2) is 10.6. The van der Waals surface area contributed by atoms with Crippen LogP contribution in [0, 0.1) is 5.92 Å². The molecule has 2 heterocycles. The van der Waals surface area contributed by atoms with E-state index >= 15 is 0 Å². The van der Waals surface area contributed by atoms with Crippen LogP contribution in [-0.2, 0) is 22.6 Å². The number of amides is 1. The number of aromatic nitrogens is 1. The summed E-state index contributed by atoms with van der Waals surface area (Å²) in [6, 6.07) is 5.76. The van der Waals surface area contributed by atoms with Crippen molar-refractivity contribution in [3.8, 4) is 5.75 Å². The standard InChI is InChI=1S/C25H31ClN2O5S/c1-3-32-24(30)22-27-18(15-34-22)14-33-20-5-4-16(21(26)13-20)12-17-8-11-28(23(17)29)19-6-9-25(2,31)10-7-19/h4-5,13,15,17,19,31H,3,6-12,14H2,1-2H3. The minimum atomic E-state index is -0.599. The second-order valence-corrected chi connectivity index (χ2v) is 10.6. The number of likely N-dealkylation sites (tertiary alicyclic amines) is 1. The minimum Gasteiger partial charge on any atom is -0.487 e. The fourth-order valence-corrected chi connectivity index (χ4v) is 5.66. The number of ether oxygens (including phenoxy) is 2. The van der Waals surface area contributed by atoms with E-state index in [1.165, 1.54) is 11.3 Å². The number of rotatable bonds is 8. The fourth-order valence-electron chi connectivity index (χ4n) is 4.72. The Hall–Kier alpha value is -2.16. The molecule has 1 saturated heterocycles. The van der Waals surface area contributed by atoms with Gasteiger partial charge >= 0.3 is 5.97 Å². The van der Waals surface area contributed by atoms with Gasteiger partial charge < -0.3 is 19.5 Å². The number of benzene rings is 1. The summed E-state index contributed by atoms with van der Waals surface area (Å²) in [6.45, 7) is 4.94. The molecule has 34 heavy (non-hydrogen) atoms. The Morgan fingerprint density at radius 1 is 1.32 bits per heavy atom. The van der Waals surface area contributed by atoms with Gasteiger partial charge in [0.2, 0.25) is 10.9 Å². The Labute approximate surface area is 209 Å². The first-order valence-corrected chi connectivity index (χ1v) is 13.1. The topological polar surface area (TPSA) is 89.0 Å². The summed E-state index contributed by atoms with van der Waals surface area (Å²) in [7, 11) is 0. The third-order valence-electron chi connectivity index (χ3n) is 6.70. The van der Waals surface area contributed by atoms with Gasteiger partial charge in [-0.2, -0.15) is 0 Å². The van der Waals surface area contributed by atoms with Gasteiger partial charge in [-0.1, -0.05) is 17.7 Å². The number of carbonyl (C=O) groups excluding carboxylic acids is 2. The maximum Gasteiger partial charge on any atom is 0.367 e. The van der Waals surface area contributed by atoms with Gasteiger partial charge in [0, 0.05) is 28.9 Å². The van der Waals surface area contributed by atoms with Gasteiger partial charge in [0.25, 0.3) is 0 Å². The van der Waals surface area contributed by atoms with Crippen LogP contribution < -0.4 is 4.74 Å². The van der Waals surface area contributed by atoms with Crippen LogP contribution in [0.2, 0.25) is 5.02 Å². The number of esters is 1. The molecule has 1 aromatic carbocycles. The molecule has 9 heteroatoms. The predicted octanol–water partition coefficient (Wildman–Crippen LogP) is 4.64. The summed E-state index contributed by atoms with van der Waals surface area (Å²) >= 11 is 7.75. The van der Waals surface area contributed by atoms with Crippen molar-refractivity contribution in [2.75, 3.05) is 13.2 Å². The van der Waals surface area contributed by atoms with Crippen LogP contribution in [-0.4, -0.2) is 51.7 Å². The van der Waals surface area contributed by atoms with E-state index in [0.717, 1.165) is 44.2 Å². The van der Waals surface area contributed by atoms with Crippen molar-refractivity contribution in [2.45, 2.75) is 70.6 Å². The molecule has 0 radical (unpaired) electrons. The zero-order valence-corrected chi connectivity index (χ0v) is 21.2. The highest BCUT2D eigenvalue weighted by Crippen LogP contribution is 2.35. The molecule has 2 fully saturated rings.